The molecule has 0 aliphatic carbocycles. The maximum absolute atomic E-state index is 5.19. The standard InChI is InChI=1S/C13H15N3O/c1-10-5-3-7-12(16-10)15-9-11-6-4-8-14-13(11)17-2/h3-8H,9H2,1-2H3,(H,15,16). The second-order valence-electron chi connectivity index (χ2n) is 3.69. The van der Waals surface area contributed by atoms with Crippen LogP contribution in [0.2, 0.25) is 0 Å². The largest absolute Gasteiger partial charge is 0.481 e. The number of hydrogen-bond donors (Lipinski definition) is 1. The van der Waals surface area contributed by atoms with Gasteiger partial charge in [-0.2, -0.15) is 0 Å². The summed E-state index contributed by atoms with van der Waals surface area (Å²) >= 11 is 0. The zero-order valence-corrected chi connectivity index (χ0v) is 9.97. The number of pyridine rings is 2. The first-order chi connectivity index (χ1) is 8.29. The van der Waals surface area contributed by atoms with E-state index < -0.39 is 0 Å². The lowest BCUT2D eigenvalue weighted by Crippen LogP contribution is -2.04. The molecule has 0 atom stereocenters. The van der Waals surface area contributed by atoms with Crippen molar-refractivity contribution in [2.45, 2.75) is 13.5 Å². The van der Waals surface area contributed by atoms with Crippen LogP contribution >= 0.6 is 0 Å². The van der Waals surface area contributed by atoms with Crippen LogP contribution in [0.5, 0.6) is 5.88 Å². The molecule has 0 aromatic carbocycles. The summed E-state index contributed by atoms with van der Waals surface area (Å²) in [5.74, 6) is 1.50. The normalized spacial score (nSPS) is 10.0. The summed E-state index contributed by atoms with van der Waals surface area (Å²) in [6.07, 6.45) is 1.72. The van der Waals surface area contributed by atoms with E-state index in [1.54, 1.807) is 13.3 Å². The number of ether oxygens (including phenoxy) is 1. The Balaban J connectivity index is 2.07. The summed E-state index contributed by atoms with van der Waals surface area (Å²) in [5, 5.41) is 3.25. The van der Waals surface area contributed by atoms with E-state index in [2.05, 4.69) is 15.3 Å². The van der Waals surface area contributed by atoms with Crippen molar-refractivity contribution in [3.8, 4) is 5.88 Å². The fraction of sp³-hybridized carbons (Fsp3) is 0.231. The SMILES string of the molecule is COc1ncccc1CNc1cccc(C)n1. The second kappa shape index (κ2) is 5.30. The molecule has 0 saturated heterocycles. The molecular formula is C13H15N3O. The summed E-state index contributed by atoms with van der Waals surface area (Å²) in [6.45, 7) is 2.61. The highest BCUT2D eigenvalue weighted by molar-refractivity contribution is 5.38. The van der Waals surface area contributed by atoms with Crippen molar-refractivity contribution in [2.75, 3.05) is 12.4 Å². The number of aromatic nitrogens is 2. The van der Waals surface area contributed by atoms with Crippen LogP contribution in [0.15, 0.2) is 36.5 Å². The minimum Gasteiger partial charge on any atom is -0.481 e. The van der Waals surface area contributed by atoms with E-state index in [1.165, 1.54) is 0 Å². The van der Waals surface area contributed by atoms with Crippen molar-refractivity contribution < 1.29 is 4.74 Å². The number of anilines is 1. The quantitative estimate of drug-likeness (QED) is 0.874. The zero-order chi connectivity index (χ0) is 12.1. The molecule has 4 heteroatoms. The predicted molar refractivity (Wildman–Crippen MR) is 67.1 cm³/mol. The molecule has 0 bridgehead atoms. The van der Waals surface area contributed by atoms with E-state index >= 15 is 0 Å². The minimum atomic E-state index is 0.646. The van der Waals surface area contributed by atoms with Gasteiger partial charge in [0.05, 0.1) is 7.11 Å². The summed E-state index contributed by atoms with van der Waals surface area (Å²) in [7, 11) is 1.62. The highest BCUT2D eigenvalue weighted by atomic mass is 16.5. The molecule has 2 rings (SSSR count). The maximum Gasteiger partial charge on any atom is 0.218 e. The van der Waals surface area contributed by atoms with Crippen molar-refractivity contribution in [3.05, 3.63) is 47.8 Å². The molecule has 0 radical (unpaired) electrons. The van der Waals surface area contributed by atoms with Crippen molar-refractivity contribution in [2.24, 2.45) is 0 Å². The van der Waals surface area contributed by atoms with E-state index in [4.69, 9.17) is 4.74 Å². The van der Waals surface area contributed by atoms with Gasteiger partial charge in [-0.15, -0.1) is 0 Å². The van der Waals surface area contributed by atoms with Gasteiger partial charge in [-0.1, -0.05) is 12.1 Å². The third kappa shape index (κ3) is 2.93. The van der Waals surface area contributed by atoms with Crippen molar-refractivity contribution in [1.82, 2.24) is 9.97 Å². The Labute approximate surface area is 101 Å². The number of aryl methyl sites for hydroxylation is 1. The van der Waals surface area contributed by atoms with E-state index in [0.717, 1.165) is 17.1 Å². The second-order valence-corrected chi connectivity index (χ2v) is 3.69. The van der Waals surface area contributed by atoms with Gasteiger partial charge in [0, 0.05) is 24.0 Å². The first-order valence-electron chi connectivity index (χ1n) is 5.45. The molecule has 0 spiro atoms. The number of hydrogen-bond acceptors (Lipinski definition) is 4. The van der Waals surface area contributed by atoms with Crippen molar-refractivity contribution in [3.63, 3.8) is 0 Å². The van der Waals surface area contributed by atoms with Crippen molar-refractivity contribution >= 4 is 5.82 Å². The van der Waals surface area contributed by atoms with Gasteiger partial charge in [-0.3, -0.25) is 0 Å². The molecule has 2 aromatic rings. The zero-order valence-electron chi connectivity index (χ0n) is 9.97. The third-order valence-corrected chi connectivity index (χ3v) is 2.39. The molecule has 2 heterocycles. The van der Waals surface area contributed by atoms with Gasteiger partial charge >= 0.3 is 0 Å². The van der Waals surface area contributed by atoms with Gasteiger partial charge in [-0.05, 0) is 25.1 Å². The molecule has 17 heavy (non-hydrogen) atoms. The van der Waals surface area contributed by atoms with Crippen molar-refractivity contribution in [1.29, 1.82) is 0 Å². The summed E-state index contributed by atoms with van der Waals surface area (Å²) < 4.78 is 5.19. The summed E-state index contributed by atoms with van der Waals surface area (Å²) in [6, 6.07) is 9.76. The van der Waals surface area contributed by atoms with E-state index in [0.29, 0.717) is 12.4 Å². The molecule has 1 N–H and O–H groups in total. The molecule has 0 saturated carbocycles. The Bertz CT molecular complexity index is 500. The highest BCUT2D eigenvalue weighted by Crippen LogP contribution is 2.15. The maximum atomic E-state index is 5.19. The highest BCUT2D eigenvalue weighted by Gasteiger charge is 2.02. The van der Waals surface area contributed by atoms with Gasteiger partial charge in [0.25, 0.3) is 0 Å². The molecule has 0 fully saturated rings. The van der Waals surface area contributed by atoms with Crippen LogP contribution in [0.1, 0.15) is 11.3 Å². The van der Waals surface area contributed by atoms with Crippen LogP contribution in [-0.2, 0) is 6.54 Å². The lowest BCUT2D eigenvalue weighted by atomic mass is 10.2. The molecule has 0 unspecified atom stereocenters. The van der Waals surface area contributed by atoms with Gasteiger partial charge in [0.2, 0.25) is 5.88 Å². The fourth-order valence-corrected chi connectivity index (χ4v) is 1.57. The van der Waals surface area contributed by atoms with E-state index in [-0.39, 0.29) is 0 Å². The molecule has 88 valence electrons. The van der Waals surface area contributed by atoms with Gasteiger partial charge in [0.15, 0.2) is 0 Å². The topological polar surface area (TPSA) is 47.0 Å². The van der Waals surface area contributed by atoms with E-state index in [9.17, 15) is 0 Å². The first kappa shape index (κ1) is 11.4. The average Bonchev–Trinajstić information content (AvgIpc) is 2.37. The average molecular weight is 229 g/mol. The van der Waals surface area contributed by atoms with Gasteiger partial charge in [-0.25, -0.2) is 9.97 Å². The molecule has 0 amide bonds. The first-order valence-corrected chi connectivity index (χ1v) is 5.45. The minimum absolute atomic E-state index is 0.646. The van der Waals surface area contributed by atoms with Gasteiger partial charge in [0.1, 0.15) is 5.82 Å². The Morgan fingerprint density at radius 3 is 2.88 bits per heavy atom. The molecule has 0 aliphatic heterocycles. The third-order valence-electron chi connectivity index (χ3n) is 2.39. The molecule has 2 aromatic heterocycles. The lowest BCUT2D eigenvalue weighted by Gasteiger charge is -2.09. The van der Waals surface area contributed by atoms with Crippen LogP contribution in [0.4, 0.5) is 5.82 Å². The number of nitrogens with one attached hydrogen (secondary N) is 1. The monoisotopic (exact) mass is 229 g/mol. The summed E-state index contributed by atoms with van der Waals surface area (Å²) in [5.41, 5.74) is 2.01. The van der Waals surface area contributed by atoms with Gasteiger partial charge < -0.3 is 10.1 Å². The predicted octanol–water partition coefficient (Wildman–Crippen LogP) is 2.41. The van der Waals surface area contributed by atoms with E-state index in [1.807, 2.05) is 37.3 Å². The molecule has 0 aliphatic rings. The number of nitrogens with zero attached hydrogens (tertiary/aromatic N) is 2. The van der Waals surface area contributed by atoms with Crippen LogP contribution in [0.25, 0.3) is 0 Å². The van der Waals surface area contributed by atoms with Crippen LogP contribution in [0, 0.1) is 6.92 Å². The Hall–Kier alpha value is -2.10. The van der Waals surface area contributed by atoms with Crippen LogP contribution < -0.4 is 10.1 Å². The molecular weight excluding hydrogens is 214 g/mol. The number of rotatable bonds is 4. The van der Waals surface area contributed by atoms with Crippen LogP contribution in [0.3, 0.4) is 0 Å². The fourth-order valence-electron chi connectivity index (χ4n) is 1.57. The number of methoxy groups -OCH3 is 1. The smallest absolute Gasteiger partial charge is 0.218 e. The lowest BCUT2D eigenvalue weighted by molar-refractivity contribution is 0.393. The Morgan fingerprint density at radius 1 is 1.24 bits per heavy atom. The van der Waals surface area contributed by atoms with Crippen LogP contribution in [-0.4, -0.2) is 17.1 Å². The Kier molecular flexibility index (Phi) is 3.55. The summed E-state index contributed by atoms with van der Waals surface area (Å²) in [4.78, 5) is 8.52. The molecule has 4 nitrogen and oxygen atoms in total. The Morgan fingerprint density at radius 2 is 2.12 bits per heavy atom.